The molecular weight excluding hydrogens is 609 g/mol. The largest absolute Gasteiger partial charge is 0.497 e. The summed E-state index contributed by atoms with van der Waals surface area (Å²) in [6.07, 6.45) is 6.20. The topological polar surface area (TPSA) is 96.0 Å². The van der Waals surface area contributed by atoms with E-state index in [4.69, 9.17) is 27.9 Å². The van der Waals surface area contributed by atoms with Crippen molar-refractivity contribution < 1.29 is 22.7 Å². The van der Waals surface area contributed by atoms with Crippen LogP contribution in [0.2, 0.25) is 10.0 Å². The van der Waals surface area contributed by atoms with E-state index >= 15 is 0 Å². The summed E-state index contributed by atoms with van der Waals surface area (Å²) in [5.74, 6) is -0.405. The van der Waals surface area contributed by atoms with Crippen LogP contribution in [0.4, 0.5) is 5.69 Å². The number of nitrogens with one attached hydrogen (secondary N) is 1. The van der Waals surface area contributed by atoms with E-state index in [0.717, 1.165) is 48.2 Å². The molecule has 0 heterocycles. The number of methoxy groups -OCH3 is 1. The summed E-state index contributed by atoms with van der Waals surface area (Å²) in [6.45, 7) is -0.556. The maximum Gasteiger partial charge on any atom is 0.244 e. The Bertz CT molecular complexity index is 1510. The Morgan fingerprint density at radius 3 is 2.35 bits per heavy atom. The van der Waals surface area contributed by atoms with Crippen LogP contribution in [0, 0.1) is 0 Å². The monoisotopic (exact) mass is 645 g/mol. The van der Waals surface area contributed by atoms with Crippen LogP contribution in [0.3, 0.4) is 0 Å². The standard InChI is InChI=1S/C32H37Cl2N3O5S/c1-42-28-15-9-14-27(20-28)37(43(2,40)41)22-31(38)36(21-24-16-17-25(33)19-29(24)34)30(18-23-10-5-3-6-11-23)32(39)35-26-12-7-4-8-13-26/h3,5-6,9-11,14-17,19-20,26,30H,4,7-8,12-13,18,21-22H2,1-2H3,(H,35,39)/t30-/m0/s1. The summed E-state index contributed by atoms with van der Waals surface area (Å²) < 4.78 is 32.3. The number of halogens is 2. The van der Waals surface area contributed by atoms with Gasteiger partial charge in [-0.05, 0) is 48.2 Å². The number of rotatable bonds is 12. The lowest BCUT2D eigenvalue weighted by molar-refractivity contribution is -0.140. The minimum absolute atomic E-state index is 0.0138. The fourth-order valence-corrected chi connectivity index (χ4v) is 6.62. The number of nitrogens with zero attached hydrogens (tertiary/aromatic N) is 2. The lowest BCUT2D eigenvalue weighted by Crippen LogP contribution is -2.55. The molecule has 4 rings (SSSR count). The number of amides is 2. The average molecular weight is 647 g/mol. The molecule has 0 bridgehead atoms. The van der Waals surface area contributed by atoms with E-state index < -0.39 is 28.5 Å². The first-order chi connectivity index (χ1) is 20.5. The Morgan fingerprint density at radius 2 is 1.70 bits per heavy atom. The van der Waals surface area contributed by atoms with Gasteiger partial charge in [-0.2, -0.15) is 0 Å². The maximum atomic E-state index is 14.3. The second-order valence-corrected chi connectivity index (χ2v) is 13.5. The number of carbonyl (C=O) groups is 2. The van der Waals surface area contributed by atoms with Gasteiger partial charge in [0.2, 0.25) is 21.8 Å². The molecule has 0 saturated heterocycles. The third-order valence-electron chi connectivity index (χ3n) is 7.60. The molecule has 0 unspecified atom stereocenters. The van der Waals surface area contributed by atoms with Gasteiger partial charge in [0.05, 0.1) is 19.1 Å². The highest BCUT2D eigenvalue weighted by molar-refractivity contribution is 7.92. The van der Waals surface area contributed by atoms with Crippen LogP contribution in [0.1, 0.15) is 43.2 Å². The minimum atomic E-state index is -3.90. The average Bonchev–Trinajstić information content (AvgIpc) is 2.99. The van der Waals surface area contributed by atoms with Crippen molar-refractivity contribution in [2.45, 2.75) is 57.2 Å². The van der Waals surface area contributed by atoms with Crippen LogP contribution in [0.15, 0.2) is 72.8 Å². The maximum absolute atomic E-state index is 14.3. The Balaban J connectivity index is 1.75. The first kappa shape index (κ1) is 32.6. The van der Waals surface area contributed by atoms with E-state index in [1.807, 2.05) is 30.3 Å². The number of sulfonamides is 1. The lowest BCUT2D eigenvalue weighted by atomic mass is 9.94. The summed E-state index contributed by atoms with van der Waals surface area (Å²) >= 11 is 12.7. The van der Waals surface area contributed by atoms with Crippen LogP contribution in [-0.4, -0.2) is 57.1 Å². The molecule has 1 fully saturated rings. The van der Waals surface area contributed by atoms with Crippen molar-refractivity contribution in [2.24, 2.45) is 0 Å². The van der Waals surface area contributed by atoms with Crippen LogP contribution in [-0.2, 0) is 32.6 Å². The number of anilines is 1. The molecule has 11 heteroatoms. The molecule has 230 valence electrons. The molecule has 1 aliphatic carbocycles. The highest BCUT2D eigenvalue weighted by atomic mass is 35.5. The van der Waals surface area contributed by atoms with Crippen molar-refractivity contribution >= 4 is 50.7 Å². The zero-order valence-corrected chi connectivity index (χ0v) is 26.7. The van der Waals surface area contributed by atoms with Gasteiger partial charge in [-0.1, -0.05) is 84.9 Å². The lowest BCUT2D eigenvalue weighted by Gasteiger charge is -2.35. The zero-order valence-electron chi connectivity index (χ0n) is 24.3. The van der Waals surface area contributed by atoms with Crippen LogP contribution < -0.4 is 14.4 Å². The SMILES string of the molecule is COc1cccc(N(CC(=O)N(Cc2ccc(Cl)cc2Cl)[C@@H](Cc2ccccc2)C(=O)NC2CCCCC2)S(C)(=O)=O)c1. The zero-order chi connectivity index (χ0) is 31.0. The van der Waals surface area contributed by atoms with Crippen LogP contribution in [0.5, 0.6) is 5.75 Å². The molecular formula is C32H37Cl2N3O5S. The molecule has 43 heavy (non-hydrogen) atoms. The van der Waals surface area contributed by atoms with E-state index in [-0.39, 0.29) is 30.6 Å². The molecule has 1 aliphatic rings. The summed E-state index contributed by atoms with van der Waals surface area (Å²) in [5, 5.41) is 3.95. The molecule has 2 amide bonds. The first-order valence-corrected chi connectivity index (χ1v) is 16.8. The quantitative estimate of drug-likeness (QED) is 0.266. The summed E-state index contributed by atoms with van der Waals surface area (Å²) in [6, 6.07) is 19.9. The van der Waals surface area contributed by atoms with E-state index in [1.165, 1.54) is 12.0 Å². The molecule has 3 aromatic carbocycles. The van der Waals surface area contributed by atoms with Crippen molar-refractivity contribution in [3.63, 3.8) is 0 Å². The van der Waals surface area contributed by atoms with Gasteiger partial charge < -0.3 is 15.0 Å². The summed E-state index contributed by atoms with van der Waals surface area (Å²) in [4.78, 5) is 29.7. The van der Waals surface area contributed by atoms with Gasteiger partial charge in [-0.3, -0.25) is 13.9 Å². The van der Waals surface area contributed by atoms with Gasteiger partial charge in [0.1, 0.15) is 18.3 Å². The van der Waals surface area contributed by atoms with E-state index in [2.05, 4.69) is 5.32 Å². The Hall–Kier alpha value is -3.27. The van der Waals surface area contributed by atoms with Gasteiger partial charge in [0, 0.05) is 35.1 Å². The Morgan fingerprint density at radius 1 is 0.977 bits per heavy atom. The Labute approximate surface area is 264 Å². The second kappa shape index (κ2) is 14.9. The van der Waals surface area contributed by atoms with Gasteiger partial charge in [-0.15, -0.1) is 0 Å². The van der Waals surface area contributed by atoms with E-state index in [0.29, 0.717) is 21.4 Å². The van der Waals surface area contributed by atoms with Gasteiger partial charge in [-0.25, -0.2) is 8.42 Å². The van der Waals surface area contributed by atoms with Gasteiger partial charge >= 0.3 is 0 Å². The molecule has 0 aromatic heterocycles. The normalized spacial score (nSPS) is 14.5. The Kier molecular flexibility index (Phi) is 11.3. The summed E-state index contributed by atoms with van der Waals surface area (Å²) in [7, 11) is -2.42. The third kappa shape index (κ3) is 9.11. The minimum Gasteiger partial charge on any atom is -0.497 e. The molecule has 0 aliphatic heterocycles. The first-order valence-electron chi connectivity index (χ1n) is 14.2. The van der Waals surface area contributed by atoms with Crippen molar-refractivity contribution in [1.29, 1.82) is 0 Å². The highest BCUT2D eigenvalue weighted by Crippen LogP contribution is 2.27. The molecule has 0 radical (unpaired) electrons. The number of hydrogen-bond donors (Lipinski definition) is 1. The predicted molar refractivity (Wildman–Crippen MR) is 171 cm³/mol. The molecule has 3 aromatic rings. The van der Waals surface area contributed by atoms with Crippen LogP contribution in [0.25, 0.3) is 0 Å². The van der Waals surface area contributed by atoms with Crippen molar-refractivity contribution in [3.05, 3.63) is 94.0 Å². The fraction of sp³-hybridized carbons (Fsp3) is 0.375. The predicted octanol–water partition coefficient (Wildman–Crippen LogP) is 5.86. The molecule has 8 nitrogen and oxygen atoms in total. The highest BCUT2D eigenvalue weighted by Gasteiger charge is 2.34. The van der Waals surface area contributed by atoms with Gasteiger partial charge in [0.15, 0.2) is 0 Å². The fourth-order valence-electron chi connectivity index (χ4n) is 5.31. The van der Waals surface area contributed by atoms with Gasteiger partial charge in [0.25, 0.3) is 0 Å². The molecule has 1 atom stereocenters. The van der Waals surface area contributed by atoms with Crippen molar-refractivity contribution in [2.75, 3.05) is 24.2 Å². The number of ether oxygens (including phenoxy) is 1. The molecule has 1 saturated carbocycles. The number of carbonyl (C=O) groups excluding carboxylic acids is 2. The smallest absolute Gasteiger partial charge is 0.244 e. The van der Waals surface area contributed by atoms with E-state index in [1.54, 1.807) is 42.5 Å². The van der Waals surface area contributed by atoms with Crippen LogP contribution >= 0.6 is 23.2 Å². The number of hydrogen-bond acceptors (Lipinski definition) is 5. The third-order valence-corrected chi connectivity index (χ3v) is 9.33. The molecule has 1 N–H and O–H groups in total. The van der Waals surface area contributed by atoms with E-state index in [9.17, 15) is 18.0 Å². The molecule has 0 spiro atoms. The van der Waals surface area contributed by atoms with Crippen molar-refractivity contribution in [1.82, 2.24) is 10.2 Å². The van der Waals surface area contributed by atoms with Crippen molar-refractivity contribution in [3.8, 4) is 5.75 Å². The number of benzene rings is 3. The summed E-state index contributed by atoms with van der Waals surface area (Å²) in [5.41, 5.74) is 1.71. The second-order valence-electron chi connectivity index (χ2n) is 10.8.